The number of rotatable bonds is 9. The van der Waals surface area contributed by atoms with Crippen molar-refractivity contribution in [3.05, 3.63) is 0 Å². The van der Waals surface area contributed by atoms with Gasteiger partial charge in [-0.2, -0.15) is 17.9 Å². The fraction of sp³-hybridized carbons (Fsp3) is 0.846. The molecule has 0 aromatic rings. The average Bonchev–Trinajstić information content (AvgIpc) is 2.37. The van der Waals surface area contributed by atoms with Gasteiger partial charge in [-0.05, 0) is 6.42 Å². The van der Waals surface area contributed by atoms with Gasteiger partial charge in [0.05, 0.1) is 19.8 Å². The lowest BCUT2D eigenvalue weighted by Gasteiger charge is -2.22. The summed E-state index contributed by atoms with van der Waals surface area (Å²) in [7, 11) is -1.39. The lowest BCUT2D eigenvalue weighted by atomic mass is 10.1. The first-order valence-electron chi connectivity index (χ1n) is 6.65. The second-order valence-electron chi connectivity index (χ2n) is 4.68. The van der Waals surface area contributed by atoms with Crippen LogP contribution in [0, 0.1) is 11.3 Å². The average molecular weight is 288 g/mol. The van der Waals surface area contributed by atoms with Gasteiger partial charge >= 0.3 is 0 Å². The van der Waals surface area contributed by atoms with Crippen molar-refractivity contribution in [3.8, 4) is 6.07 Å². The molecule has 0 bridgehead atoms. The smallest absolute Gasteiger partial charge is 0.108 e. The van der Waals surface area contributed by atoms with Gasteiger partial charge in [-0.25, -0.2) is 0 Å². The van der Waals surface area contributed by atoms with Crippen LogP contribution >= 0.6 is 12.6 Å². The Morgan fingerprint density at radius 2 is 1.94 bits per heavy atom. The summed E-state index contributed by atoms with van der Waals surface area (Å²) >= 11 is 4.49. The van der Waals surface area contributed by atoms with Gasteiger partial charge < -0.3 is 10.2 Å². The Morgan fingerprint density at radius 3 is 2.44 bits per heavy atom. The second-order valence-corrected chi connectivity index (χ2v) is 8.55. The van der Waals surface area contributed by atoms with E-state index < -0.39 is 12.8 Å². The van der Waals surface area contributed by atoms with Gasteiger partial charge in [-0.3, -0.25) is 0 Å². The van der Waals surface area contributed by atoms with E-state index in [-0.39, 0.29) is 18.4 Å². The number of hydrogen-bond acceptors (Lipinski definition) is 4. The quantitative estimate of drug-likeness (QED) is 0.347. The molecule has 0 spiro atoms. The molecule has 2 N–H and O–H groups in total. The molecule has 0 aromatic heterocycles. The summed E-state index contributed by atoms with van der Waals surface area (Å²) in [5, 5.41) is 28.2. The second kappa shape index (κ2) is 9.60. The molecule has 1 unspecified atom stereocenters. The van der Waals surface area contributed by atoms with Crippen molar-refractivity contribution in [3.63, 3.8) is 0 Å². The van der Waals surface area contributed by atoms with Crippen molar-refractivity contribution in [2.24, 2.45) is 0 Å². The molecule has 0 saturated heterocycles. The zero-order valence-electron chi connectivity index (χ0n) is 11.4. The van der Waals surface area contributed by atoms with Crippen molar-refractivity contribution in [2.75, 3.05) is 6.61 Å². The number of hydrogen-bond donors (Lipinski definition) is 3. The van der Waals surface area contributed by atoms with Crippen molar-refractivity contribution >= 4 is 26.4 Å². The maximum absolute atomic E-state index is 9.83. The Bertz CT molecular complexity index is 315. The zero-order valence-corrected chi connectivity index (χ0v) is 13.3. The molecule has 0 rings (SSSR count). The molecule has 0 heterocycles. The highest BCUT2D eigenvalue weighted by molar-refractivity contribution is 7.84. The molecule has 104 valence electrons. The van der Waals surface area contributed by atoms with E-state index in [9.17, 15) is 10.4 Å². The predicted molar refractivity (Wildman–Crippen MR) is 81.0 cm³/mol. The van der Waals surface area contributed by atoms with E-state index in [0.29, 0.717) is 0 Å². The van der Waals surface area contributed by atoms with Gasteiger partial charge in [0.2, 0.25) is 0 Å². The summed E-state index contributed by atoms with van der Waals surface area (Å²) in [5.41, 5.74) is 0. The third-order valence-corrected chi connectivity index (χ3v) is 7.28. The van der Waals surface area contributed by atoms with Crippen LogP contribution in [-0.4, -0.2) is 35.0 Å². The van der Waals surface area contributed by atoms with E-state index in [2.05, 4.69) is 25.6 Å². The molecule has 1 atom stereocenters. The fourth-order valence-electron chi connectivity index (χ4n) is 1.84. The molecule has 0 aromatic carbocycles. The Morgan fingerprint density at radius 1 is 1.33 bits per heavy atom. The summed E-state index contributed by atoms with van der Waals surface area (Å²) in [5.74, 6) is 0. The van der Waals surface area contributed by atoms with Gasteiger partial charge in [0.25, 0.3) is 0 Å². The Kier molecular flexibility index (Phi) is 9.43. The fourth-order valence-corrected chi connectivity index (χ4v) is 4.07. The third kappa shape index (κ3) is 6.03. The number of nitrogens with zero attached hydrogens (tertiary/aromatic N) is 1. The molecule has 5 heteroatoms. The van der Waals surface area contributed by atoms with Gasteiger partial charge in [-0.15, -0.1) is 0 Å². The van der Waals surface area contributed by atoms with Crippen molar-refractivity contribution in [2.45, 2.75) is 62.8 Å². The van der Waals surface area contributed by atoms with Gasteiger partial charge in [0.1, 0.15) is 4.37 Å². The largest absolute Gasteiger partial charge is 0.518 e. The molecule has 0 amide bonds. The lowest BCUT2D eigenvalue weighted by molar-refractivity contribution is 0.300. The summed E-state index contributed by atoms with van der Waals surface area (Å²) in [6.45, 7) is 4.00. The first-order chi connectivity index (χ1) is 8.51. The highest BCUT2D eigenvalue weighted by atomic mass is 32.1. The maximum Gasteiger partial charge on any atom is 0.108 e. The van der Waals surface area contributed by atoms with Crippen LogP contribution in [0.25, 0.3) is 0 Å². The van der Waals surface area contributed by atoms with Crippen LogP contribution in [0.15, 0.2) is 0 Å². The lowest BCUT2D eigenvalue weighted by Crippen LogP contribution is -2.36. The van der Waals surface area contributed by atoms with Crippen LogP contribution in [0.5, 0.6) is 0 Å². The maximum atomic E-state index is 9.83. The van der Waals surface area contributed by atoms with Gasteiger partial charge in [0.15, 0.2) is 0 Å². The summed E-state index contributed by atoms with van der Waals surface area (Å²) in [6, 6.07) is 2.26. The molecule has 0 radical (unpaired) electrons. The molecule has 0 fully saturated rings. The normalized spacial score (nSPS) is 15.7. The molecule has 18 heavy (non-hydrogen) atoms. The van der Waals surface area contributed by atoms with Crippen LogP contribution < -0.4 is 0 Å². The molecule has 0 aliphatic carbocycles. The standard InChI is InChI=1S/C13H25NO2SSi/c1-3-4-5-6-7-9-13(17,11-14)18(2)12(16)8-10-15/h15-17H,3-10H2,1-2H3/b18-12-. The van der Waals surface area contributed by atoms with E-state index in [0.717, 1.165) is 19.3 Å². The van der Waals surface area contributed by atoms with Crippen LogP contribution in [0.1, 0.15) is 51.9 Å². The minimum Gasteiger partial charge on any atom is -0.518 e. The van der Waals surface area contributed by atoms with E-state index in [4.69, 9.17) is 5.11 Å². The first kappa shape index (κ1) is 17.7. The third-order valence-electron chi connectivity index (χ3n) is 3.23. The number of thiol groups is 1. The summed E-state index contributed by atoms with van der Waals surface area (Å²) in [4.78, 5) is 0. The molecule has 3 nitrogen and oxygen atoms in total. The summed E-state index contributed by atoms with van der Waals surface area (Å²) in [6.07, 6.45) is 6.72. The number of nitriles is 1. The number of aliphatic hydroxyl groups is 2. The number of aliphatic hydroxyl groups excluding tert-OH is 2. The Labute approximate surface area is 117 Å². The van der Waals surface area contributed by atoms with Crippen LogP contribution in [0.3, 0.4) is 0 Å². The van der Waals surface area contributed by atoms with Crippen LogP contribution in [0.2, 0.25) is 6.55 Å². The predicted octanol–water partition coefficient (Wildman–Crippen LogP) is 2.67. The van der Waals surface area contributed by atoms with Crippen molar-refractivity contribution < 1.29 is 10.2 Å². The number of unbranched alkanes of at least 4 members (excludes halogenated alkanes) is 4. The molecule has 0 saturated carbocycles. The van der Waals surface area contributed by atoms with Gasteiger partial charge in [-0.1, -0.05) is 45.6 Å². The molecular weight excluding hydrogens is 262 g/mol. The topological polar surface area (TPSA) is 64.2 Å². The SMILES string of the molecule is CCCCCCCC(S)(C#N)/[Si](C)=C(\O)CCO. The Hall–Kier alpha value is -0.313. The van der Waals surface area contributed by atoms with Crippen molar-refractivity contribution in [1.29, 1.82) is 5.26 Å². The van der Waals surface area contributed by atoms with E-state index >= 15 is 0 Å². The van der Waals surface area contributed by atoms with Crippen LogP contribution in [-0.2, 0) is 0 Å². The van der Waals surface area contributed by atoms with E-state index in [1.165, 1.54) is 19.3 Å². The highest BCUT2D eigenvalue weighted by Crippen LogP contribution is 2.23. The van der Waals surface area contributed by atoms with E-state index in [1.807, 2.05) is 6.55 Å². The minimum atomic E-state index is -1.39. The molecular formula is C13H25NO2SSi. The highest BCUT2D eigenvalue weighted by Gasteiger charge is 2.30. The minimum absolute atomic E-state index is 0.0698. The van der Waals surface area contributed by atoms with Gasteiger partial charge in [0, 0.05) is 13.0 Å². The Balaban J connectivity index is 4.43. The monoisotopic (exact) mass is 287 g/mol. The van der Waals surface area contributed by atoms with Crippen molar-refractivity contribution in [1.82, 2.24) is 0 Å². The zero-order chi connectivity index (χ0) is 14.0. The molecule has 0 aliphatic heterocycles. The van der Waals surface area contributed by atoms with E-state index in [1.54, 1.807) is 0 Å². The van der Waals surface area contributed by atoms with Crippen LogP contribution in [0.4, 0.5) is 0 Å². The summed E-state index contributed by atoms with van der Waals surface area (Å²) < 4.78 is -0.726. The first-order valence-corrected chi connectivity index (χ1v) is 9.10. The molecule has 0 aliphatic rings.